The van der Waals surface area contributed by atoms with Crippen molar-refractivity contribution < 1.29 is 9.59 Å². The number of amides is 2. The number of rotatable bonds is 6. The van der Waals surface area contributed by atoms with Gasteiger partial charge in [0.05, 0.1) is 16.3 Å². The second kappa shape index (κ2) is 9.73. The van der Waals surface area contributed by atoms with Crippen molar-refractivity contribution in [2.24, 2.45) is 0 Å². The summed E-state index contributed by atoms with van der Waals surface area (Å²) in [6.07, 6.45) is 3.80. The average Bonchev–Trinajstić information content (AvgIpc) is 3.47. The zero-order valence-electron chi connectivity index (χ0n) is 16.5. The van der Waals surface area contributed by atoms with Crippen molar-refractivity contribution in [3.8, 4) is 0 Å². The summed E-state index contributed by atoms with van der Waals surface area (Å²) in [5, 5.41) is 2.89. The first-order valence-electron chi connectivity index (χ1n) is 10.1. The smallest absolute Gasteiger partial charge is 0.255 e. The third-order valence-electron chi connectivity index (χ3n) is 5.40. The van der Waals surface area contributed by atoms with Crippen LogP contribution in [0.25, 0.3) is 0 Å². The second-order valence-corrected chi connectivity index (χ2v) is 9.44. The second-order valence-electron chi connectivity index (χ2n) is 7.41. The summed E-state index contributed by atoms with van der Waals surface area (Å²) in [4.78, 5) is 36.9. The summed E-state index contributed by atoms with van der Waals surface area (Å²) in [6.45, 7) is 6.04. The molecule has 2 amide bonds. The molecule has 2 aromatic heterocycles. The van der Waals surface area contributed by atoms with Gasteiger partial charge in [0.15, 0.2) is 0 Å². The van der Waals surface area contributed by atoms with Gasteiger partial charge in [-0.25, -0.2) is 4.98 Å². The molecule has 0 aliphatic carbocycles. The summed E-state index contributed by atoms with van der Waals surface area (Å²) in [7, 11) is 0. The van der Waals surface area contributed by atoms with Crippen LogP contribution in [-0.2, 0) is 11.3 Å². The maximum atomic E-state index is 12.5. The van der Waals surface area contributed by atoms with Gasteiger partial charge in [-0.15, -0.1) is 11.3 Å². The van der Waals surface area contributed by atoms with Crippen LogP contribution in [0, 0.1) is 0 Å². The number of likely N-dealkylation sites (tertiary alicyclic amines) is 1. The van der Waals surface area contributed by atoms with Crippen molar-refractivity contribution in [1.29, 1.82) is 0 Å². The van der Waals surface area contributed by atoms with Gasteiger partial charge in [0.1, 0.15) is 0 Å². The van der Waals surface area contributed by atoms with E-state index in [1.807, 2.05) is 21.9 Å². The molecule has 29 heavy (non-hydrogen) atoms. The van der Waals surface area contributed by atoms with Crippen LogP contribution in [0.2, 0.25) is 0 Å². The molecule has 2 aliphatic heterocycles. The number of aromatic nitrogens is 1. The quantitative estimate of drug-likeness (QED) is 0.660. The predicted octanol–water partition coefficient (Wildman–Crippen LogP) is 2.82. The number of thiophene rings is 1. The van der Waals surface area contributed by atoms with E-state index in [1.165, 1.54) is 16.6 Å². The van der Waals surface area contributed by atoms with Crippen molar-refractivity contribution in [3.63, 3.8) is 0 Å². The lowest BCUT2D eigenvalue weighted by atomic mass is 10.2. The van der Waals surface area contributed by atoms with Crippen LogP contribution in [0.5, 0.6) is 0 Å². The first-order chi connectivity index (χ1) is 14.2. The van der Waals surface area contributed by atoms with E-state index in [0.29, 0.717) is 11.3 Å². The molecule has 0 radical (unpaired) electrons. The molecule has 0 atom stereocenters. The average molecular weight is 431 g/mol. The third-order valence-corrected chi connectivity index (χ3v) is 7.19. The van der Waals surface area contributed by atoms with Crippen LogP contribution < -0.4 is 0 Å². The minimum absolute atomic E-state index is 0.0584. The van der Waals surface area contributed by atoms with Gasteiger partial charge in [-0.2, -0.15) is 0 Å². The van der Waals surface area contributed by atoms with Crippen LogP contribution in [-0.4, -0.2) is 76.5 Å². The Bertz CT molecular complexity index is 812. The minimum Gasteiger partial charge on any atom is -0.339 e. The summed E-state index contributed by atoms with van der Waals surface area (Å²) in [5.74, 6) is 0.602. The summed E-state index contributed by atoms with van der Waals surface area (Å²) in [5.41, 5.74) is 0.629. The van der Waals surface area contributed by atoms with Gasteiger partial charge >= 0.3 is 0 Å². The zero-order chi connectivity index (χ0) is 20.1. The number of carbonyl (C=O) groups excluding carboxylic acids is 2. The summed E-state index contributed by atoms with van der Waals surface area (Å²) >= 11 is 3.22. The molecule has 0 N–H and O–H groups in total. The molecule has 4 rings (SSSR count). The van der Waals surface area contributed by atoms with Gasteiger partial charge in [-0.05, 0) is 36.4 Å². The maximum Gasteiger partial charge on any atom is 0.255 e. The van der Waals surface area contributed by atoms with Crippen molar-refractivity contribution >= 4 is 34.9 Å². The minimum atomic E-state index is 0.0584. The molecule has 0 saturated carbocycles. The highest BCUT2D eigenvalue weighted by molar-refractivity contribution is 7.99. The Labute approximate surface area is 179 Å². The van der Waals surface area contributed by atoms with E-state index < -0.39 is 0 Å². The number of hydrogen-bond acceptors (Lipinski definition) is 6. The van der Waals surface area contributed by atoms with Crippen molar-refractivity contribution in [3.05, 3.63) is 46.3 Å². The largest absolute Gasteiger partial charge is 0.339 e. The normalized spacial score (nSPS) is 17.7. The lowest BCUT2D eigenvalue weighted by molar-refractivity contribution is -0.130. The number of hydrogen-bond donors (Lipinski definition) is 0. The van der Waals surface area contributed by atoms with E-state index in [-0.39, 0.29) is 11.8 Å². The Kier molecular flexibility index (Phi) is 6.84. The van der Waals surface area contributed by atoms with Gasteiger partial charge in [-0.1, -0.05) is 17.8 Å². The first-order valence-corrected chi connectivity index (χ1v) is 12.0. The molecule has 0 spiro atoms. The Morgan fingerprint density at radius 2 is 1.79 bits per heavy atom. The topological polar surface area (TPSA) is 56.8 Å². The predicted molar refractivity (Wildman–Crippen MR) is 116 cm³/mol. The summed E-state index contributed by atoms with van der Waals surface area (Å²) in [6, 6.07) is 7.92. The Morgan fingerprint density at radius 1 is 1.00 bits per heavy atom. The van der Waals surface area contributed by atoms with Crippen LogP contribution in [0.4, 0.5) is 0 Å². The molecule has 2 fully saturated rings. The Balaban J connectivity index is 1.21. The molecule has 4 heterocycles. The number of carbonyl (C=O) groups is 2. The standard InChI is InChI=1S/C21H26N4O2S2/c26-20(24-11-9-23(10-12-24)15-18-4-3-13-28-18)16-29-19-6-5-17(14-22-19)21(27)25-7-1-2-8-25/h3-6,13-14H,1-2,7-12,15-16H2. The Hall–Kier alpha value is -1.90. The molecule has 8 heteroatoms. The molecule has 2 saturated heterocycles. The highest BCUT2D eigenvalue weighted by Crippen LogP contribution is 2.19. The summed E-state index contributed by atoms with van der Waals surface area (Å²) < 4.78 is 0. The highest BCUT2D eigenvalue weighted by Gasteiger charge is 2.22. The molecule has 154 valence electrons. The molecular formula is C21H26N4O2S2. The van der Waals surface area contributed by atoms with Crippen molar-refractivity contribution in [2.45, 2.75) is 24.4 Å². The van der Waals surface area contributed by atoms with Gasteiger partial charge < -0.3 is 9.80 Å². The van der Waals surface area contributed by atoms with Crippen LogP contribution in [0.3, 0.4) is 0 Å². The molecule has 6 nitrogen and oxygen atoms in total. The fraction of sp³-hybridized carbons (Fsp3) is 0.476. The molecule has 0 bridgehead atoms. The van der Waals surface area contributed by atoms with Gasteiger partial charge in [0, 0.05) is 56.9 Å². The van der Waals surface area contributed by atoms with E-state index in [4.69, 9.17) is 0 Å². The van der Waals surface area contributed by atoms with Gasteiger partial charge in [0.25, 0.3) is 5.91 Å². The zero-order valence-corrected chi connectivity index (χ0v) is 18.1. The SMILES string of the molecule is O=C(CSc1ccc(C(=O)N2CCCC2)cn1)N1CCN(Cc2cccs2)CC1. The number of nitrogens with zero attached hydrogens (tertiary/aromatic N) is 4. The van der Waals surface area contributed by atoms with E-state index in [9.17, 15) is 9.59 Å². The van der Waals surface area contributed by atoms with Crippen molar-refractivity contribution in [1.82, 2.24) is 19.7 Å². The van der Waals surface area contributed by atoms with E-state index in [2.05, 4.69) is 27.4 Å². The van der Waals surface area contributed by atoms with Crippen LogP contribution in [0.1, 0.15) is 28.1 Å². The lowest BCUT2D eigenvalue weighted by Crippen LogP contribution is -2.48. The van der Waals surface area contributed by atoms with Crippen LogP contribution >= 0.6 is 23.1 Å². The number of thioether (sulfide) groups is 1. The van der Waals surface area contributed by atoms with E-state index >= 15 is 0 Å². The van der Waals surface area contributed by atoms with Gasteiger partial charge in [-0.3, -0.25) is 14.5 Å². The first kappa shape index (κ1) is 20.4. The van der Waals surface area contributed by atoms with Gasteiger partial charge in [0.2, 0.25) is 5.91 Å². The lowest BCUT2D eigenvalue weighted by Gasteiger charge is -2.34. The highest BCUT2D eigenvalue weighted by atomic mass is 32.2. The van der Waals surface area contributed by atoms with Crippen LogP contribution in [0.15, 0.2) is 40.9 Å². The molecule has 0 unspecified atom stereocenters. The van der Waals surface area contributed by atoms with E-state index in [1.54, 1.807) is 17.5 Å². The fourth-order valence-corrected chi connectivity index (χ4v) is 5.19. The Morgan fingerprint density at radius 3 is 2.45 bits per heavy atom. The molecule has 2 aromatic rings. The maximum absolute atomic E-state index is 12.5. The molecule has 0 aromatic carbocycles. The van der Waals surface area contributed by atoms with Crippen molar-refractivity contribution in [2.75, 3.05) is 45.0 Å². The fourth-order valence-electron chi connectivity index (χ4n) is 3.70. The molecule has 2 aliphatic rings. The number of piperazine rings is 1. The molecular weight excluding hydrogens is 404 g/mol. The third kappa shape index (κ3) is 5.38. The number of pyridine rings is 1. The monoisotopic (exact) mass is 430 g/mol. The van der Waals surface area contributed by atoms with E-state index in [0.717, 1.165) is 63.7 Å².